The van der Waals surface area contributed by atoms with E-state index in [1.165, 1.54) is 12.1 Å². The molecule has 120 valence electrons. The van der Waals surface area contributed by atoms with Crippen molar-refractivity contribution in [3.05, 3.63) is 47.3 Å². The van der Waals surface area contributed by atoms with E-state index in [9.17, 15) is 13.6 Å². The molecular weight excluding hydrogens is 304 g/mol. The summed E-state index contributed by atoms with van der Waals surface area (Å²) in [6.07, 6.45) is -0.189. The third-order valence-electron chi connectivity index (χ3n) is 3.65. The number of fused-ring (bicyclic) bond motifs is 1. The van der Waals surface area contributed by atoms with E-state index in [1.807, 2.05) is 13.0 Å². The number of rotatable bonds is 4. The second kappa shape index (κ2) is 6.28. The Labute approximate surface area is 131 Å². The lowest BCUT2D eigenvalue weighted by molar-refractivity contribution is 0.0793. The molecule has 1 amide bonds. The minimum Gasteiger partial charge on any atom is -0.472 e. The monoisotopic (exact) mass is 319 g/mol. The number of alkyl halides is 2. The van der Waals surface area contributed by atoms with Gasteiger partial charge in [-0.15, -0.1) is 0 Å². The molecule has 0 radical (unpaired) electrons. The van der Waals surface area contributed by atoms with Crippen LogP contribution in [0.4, 0.5) is 14.6 Å². The molecule has 1 aliphatic rings. The molecule has 0 aliphatic carbocycles. The number of hydrogen-bond donors (Lipinski definition) is 0. The van der Waals surface area contributed by atoms with Gasteiger partial charge in [0.1, 0.15) is 11.5 Å². The second-order valence-electron chi connectivity index (χ2n) is 5.20. The summed E-state index contributed by atoms with van der Waals surface area (Å²) in [5.74, 6) is 0.327. The van der Waals surface area contributed by atoms with Crippen LogP contribution < -0.4 is 9.64 Å². The Balaban J connectivity index is 1.82. The van der Waals surface area contributed by atoms with Crippen LogP contribution in [0.15, 0.2) is 30.5 Å². The largest absolute Gasteiger partial charge is 0.472 e. The fourth-order valence-electron chi connectivity index (χ4n) is 2.54. The normalized spacial score (nSPS) is 13.3. The number of ether oxygens (including phenoxy) is 1. The number of hydrogen-bond acceptors (Lipinski definition) is 4. The number of carbonyl (C=O) groups excluding carboxylic acids is 1. The summed E-state index contributed by atoms with van der Waals surface area (Å²) >= 11 is 0. The zero-order chi connectivity index (χ0) is 16.4. The number of pyridine rings is 2. The van der Waals surface area contributed by atoms with Gasteiger partial charge in [-0.1, -0.05) is 6.07 Å². The molecule has 3 heterocycles. The van der Waals surface area contributed by atoms with Crippen molar-refractivity contribution in [2.45, 2.75) is 19.8 Å². The highest BCUT2D eigenvalue weighted by atomic mass is 19.3. The van der Waals surface area contributed by atoms with Crippen molar-refractivity contribution < 1.29 is 18.3 Å². The molecule has 0 N–H and O–H groups in total. The predicted octanol–water partition coefficient (Wildman–Crippen LogP) is 2.63. The molecule has 0 saturated heterocycles. The van der Waals surface area contributed by atoms with Gasteiger partial charge in [0.15, 0.2) is 6.61 Å². The van der Waals surface area contributed by atoms with E-state index in [-0.39, 0.29) is 17.5 Å². The first-order valence-corrected chi connectivity index (χ1v) is 7.20. The lowest BCUT2D eigenvalue weighted by Crippen LogP contribution is -2.30. The van der Waals surface area contributed by atoms with E-state index in [0.29, 0.717) is 12.4 Å². The summed E-state index contributed by atoms with van der Waals surface area (Å²) in [6, 6.07) is 6.44. The summed E-state index contributed by atoms with van der Waals surface area (Å²) in [5, 5.41) is 0. The van der Waals surface area contributed by atoms with E-state index in [0.717, 1.165) is 17.5 Å². The van der Waals surface area contributed by atoms with Crippen LogP contribution in [0.2, 0.25) is 0 Å². The summed E-state index contributed by atoms with van der Waals surface area (Å²) in [5.41, 5.74) is 2.28. The van der Waals surface area contributed by atoms with Crippen molar-refractivity contribution in [3.63, 3.8) is 0 Å². The summed E-state index contributed by atoms with van der Waals surface area (Å²) in [7, 11) is 0. The molecule has 3 rings (SSSR count). The van der Waals surface area contributed by atoms with Gasteiger partial charge < -0.3 is 4.74 Å². The number of aryl methyl sites for hydroxylation is 1. The molecule has 1 aliphatic heterocycles. The van der Waals surface area contributed by atoms with Gasteiger partial charge in [-0.25, -0.2) is 18.7 Å². The van der Waals surface area contributed by atoms with Gasteiger partial charge in [-0.3, -0.25) is 9.69 Å². The third-order valence-corrected chi connectivity index (χ3v) is 3.65. The fourth-order valence-corrected chi connectivity index (χ4v) is 2.54. The summed E-state index contributed by atoms with van der Waals surface area (Å²) in [4.78, 5) is 22.5. The highest BCUT2D eigenvalue weighted by molar-refractivity contribution is 6.05. The number of carbonyl (C=O) groups is 1. The molecule has 0 aromatic carbocycles. The Morgan fingerprint density at radius 2 is 2.22 bits per heavy atom. The van der Waals surface area contributed by atoms with Crippen LogP contribution in [-0.2, 0) is 6.42 Å². The Morgan fingerprint density at radius 3 is 3.00 bits per heavy atom. The number of nitrogens with zero attached hydrogens (tertiary/aromatic N) is 3. The molecule has 2 aromatic heterocycles. The van der Waals surface area contributed by atoms with E-state index in [1.54, 1.807) is 17.2 Å². The molecule has 0 spiro atoms. The minimum absolute atomic E-state index is 0.00720. The quantitative estimate of drug-likeness (QED) is 0.869. The van der Waals surface area contributed by atoms with E-state index >= 15 is 0 Å². The van der Waals surface area contributed by atoms with Gasteiger partial charge in [-0.05, 0) is 36.6 Å². The second-order valence-corrected chi connectivity index (χ2v) is 5.20. The average molecular weight is 319 g/mol. The fraction of sp³-hybridized carbons (Fsp3) is 0.312. The molecule has 0 bridgehead atoms. The highest BCUT2D eigenvalue weighted by Crippen LogP contribution is 2.29. The van der Waals surface area contributed by atoms with Gasteiger partial charge in [0, 0.05) is 18.8 Å². The lowest BCUT2D eigenvalue weighted by Gasteiger charge is -2.16. The van der Waals surface area contributed by atoms with E-state index in [2.05, 4.69) is 9.97 Å². The Morgan fingerprint density at radius 1 is 1.39 bits per heavy atom. The smallest absolute Gasteiger partial charge is 0.278 e. The molecule has 0 fully saturated rings. The predicted molar refractivity (Wildman–Crippen MR) is 80.1 cm³/mol. The third kappa shape index (κ3) is 3.13. The molecule has 2 aromatic rings. The van der Waals surface area contributed by atoms with Gasteiger partial charge in [0.05, 0.1) is 0 Å². The zero-order valence-electron chi connectivity index (χ0n) is 12.5. The molecule has 0 saturated carbocycles. The lowest BCUT2D eigenvalue weighted by atomic mass is 10.1. The van der Waals surface area contributed by atoms with Crippen LogP contribution in [0.25, 0.3) is 0 Å². The van der Waals surface area contributed by atoms with Crippen molar-refractivity contribution in [2.75, 3.05) is 18.1 Å². The molecule has 0 atom stereocenters. The van der Waals surface area contributed by atoms with Crippen LogP contribution in [0, 0.1) is 6.92 Å². The van der Waals surface area contributed by atoms with Gasteiger partial charge in [0.2, 0.25) is 5.88 Å². The van der Waals surface area contributed by atoms with Crippen LogP contribution in [0.1, 0.15) is 21.6 Å². The minimum atomic E-state index is -2.59. The van der Waals surface area contributed by atoms with Crippen molar-refractivity contribution in [3.8, 4) is 5.88 Å². The van der Waals surface area contributed by atoms with Crippen LogP contribution >= 0.6 is 0 Å². The SMILES string of the molecule is Cc1ccnc2c1CCN2C(=O)c1cccc(OCC(F)F)n1. The van der Waals surface area contributed by atoms with Gasteiger partial charge >= 0.3 is 0 Å². The first kappa shape index (κ1) is 15.3. The number of amides is 1. The zero-order valence-corrected chi connectivity index (χ0v) is 12.5. The van der Waals surface area contributed by atoms with Crippen LogP contribution in [-0.4, -0.2) is 35.5 Å². The van der Waals surface area contributed by atoms with Crippen molar-refractivity contribution in [1.82, 2.24) is 9.97 Å². The van der Waals surface area contributed by atoms with Gasteiger partial charge in [0.25, 0.3) is 12.3 Å². The van der Waals surface area contributed by atoms with Crippen LogP contribution in [0.5, 0.6) is 5.88 Å². The highest BCUT2D eigenvalue weighted by Gasteiger charge is 2.28. The van der Waals surface area contributed by atoms with Gasteiger partial charge in [-0.2, -0.15) is 0 Å². The number of aromatic nitrogens is 2. The topological polar surface area (TPSA) is 55.3 Å². The first-order chi connectivity index (χ1) is 11.1. The Bertz CT molecular complexity index is 737. The molecule has 7 heteroatoms. The molecular formula is C16H15F2N3O2. The molecule has 0 unspecified atom stereocenters. The maximum absolute atomic E-state index is 12.6. The number of halogens is 2. The Kier molecular flexibility index (Phi) is 4.18. The Hall–Kier alpha value is -2.57. The van der Waals surface area contributed by atoms with Crippen molar-refractivity contribution >= 4 is 11.7 Å². The van der Waals surface area contributed by atoms with E-state index in [4.69, 9.17) is 4.74 Å². The molecule has 23 heavy (non-hydrogen) atoms. The van der Waals surface area contributed by atoms with E-state index < -0.39 is 13.0 Å². The van der Waals surface area contributed by atoms with Crippen LogP contribution in [0.3, 0.4) is 0 Å². The molecule has 5 nitrogen and oxygen atoms in total. The summed E-state index contributed by atoms with van der Waals surface area (Å²) in [6.45, 7) is 1.75. The van der Waals surface area contributed by atoms with Crippen molar-refractivity contribution in [1.29, 1.82) is 0 Å². The average Bonchev–Trinajstić information content (AvgIpc) is 2.98. The summed E-state index contributed by atoms with van der Waals surface area (Å²) < 4.78 is 29.2. The van der Waals surface area contributed by atoms with Crippen molar-refractivity contribution in [2.24, 2.45) is 0 Å². The first-order valence-electron chi connectivity index (χ1n) is 7.20. The standard InChI is InChI=1S/C16H15F2N3O2/c1-10-5-7-19-15-11(10)6-8-21(15)16(22)12-3-2-4-14(20-12)23-9-13(17)18/h2-5,7,13H,6,8-9H2,1H3. The maximum atomic E-state index is 12.6. The maximum Gasteiger partial charge on any atom is 0.278 e. The number of anilines is 1.